The summed E-state index contributed by atoms with van der Waals surface area (Å²) in [6, 6.07) is 1.95. The second-order valence-corrected chi connectivity index (χ2v) is 4.86. The predicted octanol–water partition coefficient (Wildman–Crippen LogP) is 1.80. The van der Waals surface area contributed by atoms with E-state index in [1.54, 1.807) is 0 Å². The largest absolute Gasteiger partial charge is 0.358 e. The highest BCUT2D eigenvalue weighted by atomic mass is 79.9. The van der Waals surface area contributed by atoms with E-state index >= 15 is 0 Å². The molecular formula is C11H19BrN4. The number of likely N-dealkylation sites (N-methyl/N-ethyl adjacent to an activating group) is 2. The van der Waals surface area contributed by atoms with Crippen LogP contribution in [0.25, 0.3) is 0 Å². The van der Waals surface area contributed by atoms with Crippen molar-refractivity contribution in [3.8, 4) is 0 Å². The average Bonchev–Trinajstić information content (AvgIpc) is 2.24. The average molecular weight is 287 g/mol. The van der Waals surface area contributed by atoms with Crippen molar-refractivity contribution in [3.05, 3.63) is 16.5 Å². The van der Waals surface area contributed by atoms with Crippen LogP contribution >= 0.6 is 15.9 Å². The van der Waals surface area contributed by atoms with Gasteiger partial charge in [0.15, 0.2) is 0 Å². The van der Waals surface area contributed by atoms with Crippen LogP contribution in [0.5, 0.6) is 0 Å². The first-order chi connectivity index (χ1) is 7.52. The van der Waals surface area contributed by atoms with Crippen molar-refractivity contribution < 1.29 is 0 Å². The molecule has 0 aliphatic heterocycles. The van der Waals surface area contributed by atoms with E-state index < -0.39 is 0 Å². The molecule has 1 heterocycles. The number of hydrogen-bond acceptors (Lipinski definition) is 4. The Morgan fingerprint density at radius 2 is 1.88 bits per heavy atom. The maximum absolute atomic E-state index is 4.50. The summed E-state index contributed by atoms with van der Waals surface area (Å²) in [5.41, 5.74) is 0. The van der Waals surface area contributed by atoms with Crippen LogP contribution in [0, 0.1) is 0 Å². The van der Waals surface area contributed by atoms with E-state index in [2.05, 4.69) is 63.8 Å². The van der Waals surface area contributed by atoms with Crippen molar-refractivity contribution in [1.29, 1.82) is 0 Å². The lowest BCUT2D eigenvalue weighted by atomic mass is 10.4. The van der Waals surface area contributed by atoms with Gasteiger partial charge < -0.3 is 9.80 Å². The van der Waals surface area contributed by atoms with E-state index in [9.17, 15) is 0 Å². The minimum atomic E-state index is 0.853. The summed E-state index contributed by atoms with van der Waals surface area (Å²) in [4.78, 5) is 13.1. The molecule has 0 spiro atoms. The van der Waals surface area contributed by atoms with Gasteiger partial charge in [0.05, 0.1) is 0 Å². The first-order valence-electron chi connectivity index (χ1n) is 5.42. The van der Waals surface area contributed by atoms with Gasteiger partial charge in [-0.15, -0.1) is 0 Å². The van der Waals surface area contributed by atoms with Crippen LogP contribution in [0.2, 0.25) is 0 Å². The lowest BCUT2D eigenvalue weighted by Gasteiger charge is -2.21. The van der Waals surface area contributed by atoms with Crippen LogP contribution in [0.3, 0.4) is 0 Å². The molecule has 1 aromatic heterocycles. The Kier molecular flexibility index (Phi) is 5.15. The summed E-state index contributed by atoms with van der Waals surface area (Å²) >= 11 is 3.41. The van der Waals surface area contributed by atoms with Crippen LogP contribution < -0.4 is 4.90 Å². The summed E-state index contributed by atoms with van der Waals surface area (Å²) in [5, 5.41) is 0. The molecule has 0 N–H and O–H groups in total. The summed E-state index contributed by atoms with van der Waals surface area (Å²) in [6.07, 6.45) is 0.855. The number of rotatable bonds is 5. The smallest absolute Gasteiger partial charge is 0.133 e. The first-order valence-corrected chi connectivity index (χ1v) is 6.21. The van der Waals surface area contributed by atoms with E-state index in [4.69, 9.17) is 0 Å². The van der Waals surface area contributed by atoms with Gasteiger partial charge in [0.1, 0.15) is 16.2 Å². The fourth-order valence-corrected chi connectivity index (χ4v) is 1.68. The Balaban J connectivity index is 2.74. The van der Waals surface area contributed by atoms with Crippen LogP contribution in [0.4, 0.5) is 5.82 Å². The van der Waals surface area contributed by atoms with E-state index in [-0.39, 0.29) is 0 Å². The van der Waals surface area contributed by atoms with Gasteiger partial charge in [-0.05, 0) is 30.0 Å². The van der Waals surface area contributed by atoms with Gasteiger partial charge in [-0.2, -0.15) is 0 Å². The third kappa shape index (κ3) is 4.06. The molecule has 0 unspecified atom stereocenters. The van der Waals surface area contributed by atoms with Gasteiger partial charge in [-0.3, -0.25) is 0 Å². The standard InChI is InChI=1S/C11H19BrN4/c1-5-10-13-9(12)8-11(14-10)16(4)7-6-15(2)3/h8H,5-7H2,1-4H3. The van der Waals surface area contributed by atoms with Crippen LogP contribution in [-0.2, 0) is 6.42 Å². The number of aryl methyl sites for hydroxylation is 1. The molecule has 1 rings (SSSR count). The van der Waals surface area contributed by atoms with Gasteiger partial charge in [-0.1, -0.05) is 6.92 Å². The summed E-state index contributed by atoms with van der Waals surface area (Å²) in [7, 11) is 6.19. The Bertz CT molecular complexity index is 341. The zero-order chi connectivity index (χ0) is 12.1. The summed E-state index contributed by atoms with van der Waals surface area (Å²) in [6.45, 7) is 4.03. The predicted molar refractivity (Wildman–Crippen MR) is 70.9 cm³/mol. The lowest BCUT2D eigenvalue weighted by molar-refractivity contribution is 0.416. The molecule has 0 atom stereocenters. The number of anilines is 1. The minimum absolute atomic E-state index is 0.853. The zero-order valence-electron chi connectivity index (χ0n) is 10.4. The fourth-order valence-electron chi connectivity index (χ4n) is 1.27. The number of halogens is 1. The lowest BCUT2D eigenvalue weighted by Crippen LogP contribution is -2.29. The highest BCUT2D eigenvalue weighted by Gasteiger charge is 2.06. The number of aromatic nitrogens is 2. The second kappa shape index (κ2) is 6.15. The summed E-state index contributed by atoms with van der Waals surface area (Å²) in [5.74, 6) is 1.85. The van der Waals surface area contributed by atoms with Crippen molar-refractivity contribution in [2.45, 2.75) is 13.3 Å². The van der Waals surface area contributed by atoms with E-state index in [1.165, 1.54) is 0 Å². The Morgan fingerprint density at radius 1 is 1.19 bits per heavy atom. The molecule has 0 saturated heterocycles. The molecule has 0 amide bonds. The SMILES string of the molecule is CCc1nc(Br)cc(N(C)CCN(C)C)n1. The monoisotopic (exact) mass is 286 g/mol. The molecular weight excluding hydrogens is 268 g/mol. The Hall–Kier alpha value is -0.680. The molecule has 4 nitrogen and oxygen atoms in total. The molecule has 0 aliphatic rings. The molecule has 0 bridgehead atoms. The van der Waals surface area contributed by atoms with Crippen molar-refractivity contribution >= 4 is 21.7 Å². The topological polar surface area (TPSA) is 32.3 Å². The van der Waals surface area contributed by atoms with Crippen molar-refractivity contribution in [3.63, 3.8) is 0 Å². The van der Waals surface area contributed by atoms with E-state index in [1.807, 2.05) is 6.07 Å². The van der Waals surface area contributed by atoms with Crippen molar-refractivity contribution in [2.24, 2.45) is 0 Å². The highest BCUT2D eigenvalue weighted by Crippen LogP contribution is 2.15. The molecule has 0 radical (unpaired) electrons. The number of hydrogen-bond donors (Lipinski definition) is 0. The third-order valence-electron chi connectivity index (χ3n) is 2.32. The maximum atomic E-state index is 4.50. The molecule has 0 aliphatic carbocycles. The quantitative estimate of drug-likeness (QED) is 0.773. The zero-order valence-corrected chi connectivity index (χ0v) is 12.0. The molecule has 16 heavy (non-hydrogen) atoms. The third-order valence-corrected chi connectivity index (χ3v) is 2.72. The molecule has 90 valence electrons. The van der Waals surface area contributed by atoms with Crippen molar-refractivity contribution in [1.82, 2.24) is 14.9 Å². The highest BCUT2D eigenvalue weighted by molar-refractivity contribution is 9.10. The second-order valence-electron chi connectivity index (χ2n) is 4.04. The number of nitrogens with zero attached hydrogens (tertiary/aromatic N) is 4. The van der Waals surface area contributed by atoms with Gasteiger partial charge in [0.25, 0.3) is 0 Å². The first kappa shape index (κ1) is 13.4. The Labute approximate surface area is 106 Å². The van der Waals surface area contributed by atoms with Crippen molar-refractivity contribution in [2.75, 3.05) is 39.1 Å². The van der Waals surface area contributed by atoms with Crippen LogP contribution in [0.1, 0.15) is 12.7 Å². The van der Waals surface area contributed by atoms with Crippen LogP contribution in [-0.4, -0.2) is 49.1 Å². The minimum Gasteiger partial charge on any atom is -0.358 e. The van der Waals surface area contributed by atoms with Gasteiger partial charge in [-0.25, -0.2) is 9.97 Å². The van der Waals surface area contributed by atoms with E-state index in [0.29, 0.717) is 0 Å². The Morgan fingerprint density at radius 3 is 2.44 bits per heavy atom. The molecule has 0 fully saturated rings. The summed E-state index contributed by atoms with van der Waals surface area (Å²) < 4.78 is 0.853. The fraction of sp³-hybridized carbons (Fsp3) is 0.636. The molecule has 5 heteroatoms. The normalized spacial score (nSPS) is 10.9. The molecule has 1 aromatic rings. The van der Waals surface area contributed by atoms with Gasteiger partial charge in [0, 0.05) is 32.6 Å². The van der Waals surface area contributed by atoms with Gasteiger partial charge in [0.2, 0.25) is 0 Å². The molecule has 0 saturated carbocycles. The molecule has 0 aromatic carbocycles. The van der Waals surface area contributed by atoms with E-state index in [0.717, 1.165) is 35.8 Å². The maximum Gasteiger partial charge on any atom is 0.133 e. The van der Waals surface area contributed by atoms with Crippen LogP contribution in [0.15, 0.2) is 10.7 Å². The van der Waals surface area contributed by atoms with Gasteiger partial charge >= 0.3 is 0 Å².